The molecule has 2 heterocycles. The minimum atomic E-state index is -0.840. The smallest absolute Gasteiger partial charge is 0.414 e. The number of halogens is 2. The van der Waals surface area contributed by atoms with E-state index in [-0.39, 0.29) is 62.1 Å². The van der Waals surface area contributed by atoms with Crippen molar-refractivity contribution in [3.05, 3.63) is 23.8 Å². The van der Waals surface area contributed by atoms with Crippen LogP contribution in [0, 0.1) is 11.6 Å². The van der Waals surface area contributed by atoms with Crippen LogP contribution in [0.25, 0.3) is 0 Å². The fourth-order valence-electron chi connectivity index (χ4n) is 4.16. The van der Waals surface area contributed by atoms with Crippen molar-refractivity contribution in [1.29, 1.82) is 0 Å². The van der Waals surface area contributed by atoms with E-state index >= 15 is 8.78 Å². The first-order chi connectivity index (χ1) is 17.2. The molecule has 2 fully saturated rings. The maximum absolute atomic E-state index is 15.1. The van der Waals surface area contributed by atoms with E-state index in [1.54, 1.807) is 14.0 Å². The molecule has 0 bridgehead atoms. The zero-order valence-corrected chi connectivity index (χ0v) is 20.8. The van der Waals surface area contributed by atoms with Crippen molar-refractivity contribution in [2.45, 2.75) is 38.8 Å². The van der Waals surface area contributed by atoms with E-state index < -0.39 is 23.8 Å². The topological polar surface area (TPSA) is 115 Å². The number of anilines is 2. The van der Waals surface area contributed by atoms with Crippen LogP contribution in [0.3, 0.4) is 0 Å². The van der Waals surface area contributed by atoms with E-state index in [0.29, 0.717) is 13.2 Å². The van der Waals surface area contributed by atoms with E-state index in [4.69, 9.17) is 9.47 Å². The molecule has 200 valence electrons. The Morgan fingerprint density at radius 3 is 2.42 bits per heavy atom. The fraction of sp³-hybridized carbons (Fsp3) is 0.609. The molecule has 0 unspecified atom stereocenters. The zero-order chi connectivity index (χ0) is 26.2. The number of urea groups is 1. The number of nitrogens with one attached hydrogen (secondary N) is 3. The first kappa shape index (κ1) is 27.4. The summed E-state index contributed by atoms with van der Waals surface area (Å²) in [6.07, 6.45) is 0.0841. The second-order valence-electron chi connectivity index (χ2n) is 8.60. The fourth-order valence-corrected chi connectivity index (χ4v) is 4.16. The summed E-state index contributed by atoms with van der Waals surface area (Å²) in [5, 5.41) is 6.85. The minimum absolute atomic E-state index is 0.0157. The molecule has 0 aliphatic carbocycles. The molecule has 1 aromatic rings. The summed E-state index contributed by atoms with van der Waals surface area (Å²) in [6.45, 7) is 5.05. The van der Waals surface area contributed by atoms with Crippen LogP contribution >= 0.6 is 0 Å². The third kappa shape index (κ3) is 6.94. The quantitative estimate of drug-likeness (QED) is 0.408. The number of hydrazine groups is 1. The van der Waals surface area contributed by atoms with Crippen molar-refractivity contribution >= 4 is 29.4 Å². The third-order valence-electron chi connectivity index (χ3n) is 6.12. The molecule has 1 aromatic carbocycles. The Hall–Kier alpha value is -3.19. The van der Waals surface area contributed by atoms with Gasteiger partial charge in [0, 0.05) is 58.4 Å². The average Bonchev–Trinajstić information content (AvgIpc) is 3.22. The Kier molecular flexibility index (Phi) is 9.65. The summed E-state index contributed by atoms with van der Waals surface area (Å²) in [4.78, 5) is 38.5. The van der Waals surface area contributed by atoms with Crippen LogP contribution in [0.2, 0.25) is 0 Å². The first-order valence-electron chi connectivity index (χ1n) is 12.0. The van der Waals surface area contributed by atoms with Gasteiger partial charge in [-0.3, -0.25) is 14.7 Å². The molecule has 0 radical (unpaired) electrons. The Morgan fingerprint density at radius 1 is 1.17 bits per heavy atom. The lowest BCUT2D eigenvalue weighted by Crippen LogP contribution is -2.53. The minimum Gasteiger partial charge on any atom is -0.442 e. The van der Waals surface area contributed by atoms with Crippen molar-refractivity contribution in [2.75, 3.05) is 62.8 Å². The predicted molar refractivity (Wildman–Crippen MR) is 129 cm³/mol. The van der Waals surface area contributed by atoms with Gasteiger partial charge < -0.3 is 25.0 Å². The highest BCUT2D eigenvalue weighted by Gasteiger charge is 2.33. The predicted octanol–water partition coefficient (Wildman–Crippen LogP) is 1.58. The van der Waals surface area contributed by atoms with Gasteiger partial charge >= 0.3 is 12.1 Å². The monoisotopic (exact) mass is 512 g/mol. The number of amides is 4. The number of hydrogen-bond donors (Lipinski definition) is 3. The lowest BCUT2D eigenvalue weighted by atomic mass is 10.1. The Balaban J connectivity index is 1.65. The molecule has 1 atom stereocenters. The molecule has 3 N–H and O–H groups in total. The third-order valence-corrected chi connectivity index (χ3v) is 6.12. The lowest BCUT2D eigenvalue weighted by molar-refractivity contribution is -0.119. The summed E-state index contributed by atoms with van der Waals surface area (Å²) in [7, 11) is 1.60. The number of hydrogen-bond acceptors (Lipinski definition) is 7. The second kappa shape index (κ2) is 12.7. The Morgan fingerprint density at radius 2 is 1.83 bits per heavy atom. The molecule has 4 amide bonds. The highest BCUT2D eigenvalue weighted by molar-refractivity contribution is 5.90. The van der Waals surface area contributed by atoms with Gasteiger partial charge in [-0.25, -0.2) is 23.8 Å². The van der Waals surface area contributed by atoms with Gasteiger partial charge in [-0.1, -0.05) is 0 Å². The summed E-state index contributed by atoms with van der Waals surface area (Å²) < 4.78 is 40.7. The van der Waals surface area contributed by atoms with Gasteiger partial charge in [0.05, 0.1) is 25.3 Å². The molecule has 13 heteroatoms. The largest absolute Gasteiger partial charge is 0.442 e. The van der Waals surface area contributed by atoms with Gasteiger partial charge in [-0.05, 0) is 19.8 Å². The van der Waals surface area contributed by atoms with Crippen LogP contribution < -0.4 is 25.9 Å². The highest BCUT2D eigenvalue weighted by atomic mass is 19.1. The van der Waals surface area contributed by atoms with Gasteiger partial charge in [-0.15, -0.1) is 0 Å². The SMILES string of the molecule is CCN(CCN(NC)C(=O)NC1CCOCC1)c1c(F)cc(N2C[C@H](CNC(C)=O)OC2=O)cc1F. The molecule has 0 spiro atoms. The van der Waals surface area contributed by atoms with E-state index in [2.05, 4.69) is 16.1 Å². The van der Waals surface area contributed by atoms with Crippen LogP contribution in [0.4, 0.5) is 29.7 Å². The first-order valence-corrected chi connectivity index (χ1v) is 12.0. The molecule has 36 heavy (non-hydrogen) atoms. The van der Waals surface area contributed by atoms with Gasteiger partial charge in [0.15, 0.2) is 11.6 Å². The maximum Gasteiger partial charge on any atom is 0.414 e. The molecular weight excluding hydrogens is 478 g/mol. The molecular formula is C23H34F2N6O5. The summed E-state index contributed by atoms with van der Waals surface area (Å²) in [6, 6.07) is 1.85. The van der Waals surface area contributed by atoms with Gasteiger partial charge in [0.2, 0.25) is 5.91 Å². The van der Waals surface area contributed by atoms with Crippen molar-refractivity contribution in [1.82, 2.24) is 21.1 Å². The van der Waals surface area contributed by atoms with Crippen LogP contribution in [0.15, 0.2) is 12.1 Å². The van der Waals surface area contributed by atoms with Crippen LogP contribution in [0.1, 0.15) is 26.7 Å². The molecule has 0 aromatic heterocycles. The number of ether oxygens (including phenoxy) is 2. The van der Waals surface area contributed by atoms with Gasteiger partial charge in [0.25, 0.3) is 0 Å². The van der Waals surface area contributed by atoms with Gasteiger partial charge in [0.1, 0.15) is 11.8 Å². The van der Waals surface area contributed by atoms with Gasteiger partial charge in [-0.2, -0.15) is 0 Å². The van der Waals surface area contributed by atoms with Crippen LogP contribution in [0.5, 0.6) is 0 Å². The summed E-state index contributed by atoms with van der Waals surface area (Å²) >= 11 is 0. The Labute approximate surface area is 209 Å². The van der Waals surface area contributed by atoms with E-state index in [1.165, 1.54) is 16.8 Å². The highest BCUT2D eigenvalue weighted by Crippen LogP contribution is 2.31. The van der Waals surface area contributed by atoms with Crippen LogP contribution in [-0.2, 0) is 14.3 Å². The van der Waals surface area contributed by atoms with E-state index in [1.807, 2.05) is 0 Å². The van der Waals surface area contributed by atoms with Crippen molar-refractivity contribution in [2.24, 2.45) is 0 Å². The molecule has 2 aliphatic rings. The summed E-state index contributed by atoms with van der Waals surface area (Å²) in [5.74, 6) is -1.95. The molecule has 2 saturated heterocycles. The van der Waals surface area contributed by atoms with Crippen LogP contribution in [-0.4, -0.2) is 88.2 Å². The van der Waals surface area contributed by atoms with Crippen molar-refractivity contribution < 1.29 is 32.6 Å². The molecule has 2 aliphatic heterocycles. The number of likely N-dealkylation sites (N-methyl/N-ethyl adjacent to an activating group) is 1. The van der Waals surface area contributed by atoms with Crippen molar-refractivity contribution in [3.8, 4) is 0 Å². The lowest BCUT2D eigenvalue weighted by Gasteiger charge is -2.30. The standard InChI is InChI=1S/C23H34F2N6O5/c1-4-29(7-8-31(26-3)22(33)28-16-5-9-35-10-6-16)21-19(24)11-17(12-20(21)25)30-14-18(36-23(30)34)13-27-15(2)32/h11-12,16,18,26H,4-10,13-14H2,1-3H3,(H,27,32)(H,28,33)/t18-/m0/s1. The number of benzene rings is 1. The van der Waals surface area contributed by atoms with E-state index in [9.17, 15) is 14.4 Å². The van der Waals surface area contributed by atoms with E-state index in [0.717, 1.165) is 29.9 Å². The zero-order valence-electron chi connectivity index (χ0n) is 20.8. The number of cyclic esters (lactones) is 1. The number of carbonyl (C=O) groups is 3. The number of rotatable bonds is 10. The van der Waals surface area contributed by atoms with Crippen molar-refractivity contribution in [3.63, 3.8) is 0 Å². The maximum atomic E-state index is 15.1. The number of carbonyl (C=O) groups excluding carboxylic acids is 3. The normalized spacial score (nSPS) is 18.1. The second-order valence-corrected chi connectivity index (χ2v) is 8.60. The average molecular weight is 513 g/mol. The molecule has 0 saturated carbocycles. The molecule has 11 nitrogen and oxygen atoms in total. The molecule has 3 rings (SSSR count). The summed E-state index contributed by atoms with van der Waals surface area (Å²) in [5.41, 5.74) is 2.59. The Bertz CT molecular complexity index is 923. The number of nitrogens with zero attached hydrogens (tertiary/aromatic N) is 3.